The van der Waals surface area contributed by atoms with Crippen LogP contribution in [0.5, 0.6) is 0 Å². The van der Waals surface area contributed by atoms with Crippen LogP contribution in [-0.4, -0.2) is 40.3 Å². The SMILES string of the molecule is C[NH+](Cc1cnn(-c2ccccc2)c1)CN1C(=O)N[C@](C)(c2ccccc2)C1=O. The third-order valence-corrected chi connectivity index (χ3v) is 5.22. The number of amides is 3. The Morgan fingerprint density at radius 1 is 1.03 bits per heavy atom. The van der Waals surface area contributed by atoms with Crippen LogP contribution < -0.4 is 10.2 Å². The van der Waals surface area contributed by atoms with Gasteiger partial charge in [0.05, 0.1) is 18.9 Å². The highest BCUT2D eigenvalue weighted by atomic mass is 16.2. The van der Waals surface area contributed by atoms with Gasteiger partial charge in [0.2, 0.25) is 0 Å². The number of quaternary nitrogens is 1. The fourth-order valence-electron chi connectivity index (χ4n) is 3.66. The van der Waals surface area contributed by atoms with Gasteiger partial charge in [-0.3, -0.25) is 4.79 Å². The van der Waals surface area contributed by atoms with Gasteiger partial charge >= 0.3 is 6.03 Å². The molecule has 4 rings (SSSR count). The van der Waals surface area contributed by atoms with E-state index in [1.807, 2.05) is 84.8 Å². The van der Waals surface area contributed by atoms with Crippen LogP contribution in [0.2, 0.25) is 0 Å². The number of aromatic nitrogens is 2. The summed E-state index contributed by atoms with van der Waals surface area (Å²) in [5.74, 6) is -0.229. The zero-order chi connectivity index (χ0) is 20.4. The zero-order valence-corrected chi connectivity index (χ0v) is 16.5. The van der Waals surface area contributed by atoms with Crippen molar-refractivity contribution in [2.75, 3.05) is 13.7 Å². The molecule has 1 fully saturated rings. The number of carbonyl (C=O) groups is 2. The van der Waals surface area contributed by atoms with Crippen molar-refractivity contribution in [2.24, 2.45) is 0 Å². The van der Waals surface area contributed by atoms with E-state index in [9.17, 15) is 9.59 Å². The molecule has 1 aliphatic heterocycles. The normalized spacial score (nSPS) is 20.0. The molecule has 7 nitrogen and oxygen atoms in total. The molecule has 1 aromatic heterocycles. The molecule has 148 valence electrons. The van der Waals surface area contributed by atoms with Crippen LogP contribution in [0.1, 0.15) is 18.1 Å². The molecule has 0 bridgehead atoms. The van der Waals surface area contributed by atoms with Gasteiger partial charge in [0, 0.05) is 11.8 Å². The molecule has 2 aromatic carbocycles. The summed E-state index contributed by atoms with van der Waals surface area (Å²) < 4.78 is 1.82. The van der Waals surface area contributed by atoms with E-state index in [0.29, 0.717) is 6.54 Å². The van der Waals surface area contributed by atoms with E-state index in [-0.39, 0.29) is 18.6 Å². The van der Waals surface area contributed by atoms with Crippen molar-refractivity contribution in [3.8, 4) is 5.69 Å². The zero-order valence-electron chi connectivity index (χ0n) is 16.5. The Morgan fingerprint density at radius 2 is 1.69 bits per heavy atom. The molecule has 3 aromatic rings. The Bertz CT molecular complexity index is 1020. The second kappa shape index (κ2) is 7.52. The number of benzene rings is 2. The van der Waals surface area contributed by atoms with E-state index in [1.54, 1.807) is 6.92 Å². The summed E-state index contributed by atoms with van der Waals surface area (Å²) in [4.78, 5) is 27.9. The van der Waals surface area contributed by atoms with Gasteiger partial charge in [0.25, 0.3) is 5.91 Å². The van der Waals surface area contributed by atoms with Crippen LogP contribution >= 0.6 is 0 Å². The number of urea groups is 1. The molecule has 0 aliphatic carbocycles. The lowest BCUT2D eigenvalue weighted by Gasteiger charge is -2.23. The fraction of sp³-hybridized carbons (Fsp3) is 0.227. The molecule has 2 heterocycles. The van der Waals surface area contributed by atoms with Crippen LogP contribution in [0.25, 0.3) is 5.69 Å². The van der Waals surface area contributed by atoms with E-state index in [2.05, 4.69) is 10.4 Å². The van der Waals surface area contributed by atoms with Crippen molar-refractivity contribution in [3.05, 3.63) is 84.2 Å². The van der Waals surface area contributed by atoms with Crippen molar-refractivity contribution in [3.63, 3.8) is 0 Å². The average molecular weight is 390 g/mol. The molecule has 0 saturated carbocycles. The number of imide groups is 1. The fourth-order valence-corrected chi connectivity index (χ4v) is 3.66. The number of hydrogen-bond acceptors (Lipinski definition) is 3. The lowest BCUT2D eigenvalue weighted by atomic mass is 9.92. The van der Waals surface area contributed by atoms with Gasteiger partial charge in [0.1, 0.15) is 12.1 Å². The summed E-state index contributed by atoms with van der Waals surface area (Å²) >= 11 is 0. The molecule has 1 aliphatic rings. The van der Waals surface area contributed by atoms with Gasteiger partial charge in [-0.1, -0.05) is 48.5 Å². The molecular formula is C22H24N5O2+. The molecule has 1 saturated heterocycles. The van der Waals surface area contributed by atoms with Crippen molar-refractivity contribution in [1.29, 1.82) is 0 Å². The lowest BCUT2D eigenvalue weighted by Crippen LogP contribution is -3.09. The summed E-state index contributed by atoms with van der Waals surface area (Å²) in [5, 5.41) is 7.26. The first-order chi connectivity index (χ1) is 14.0. The lowest BCUT2D eigenvalue weighted by molar-refractivity contribution is -0.901. The van der Waals surface area contributed by atoms with Crippen LogP contribution in [0, 0.1) is 0 Å². The topological polar surface area (TPSA) is 71.7 Å². The van der Waals surface area contributed by atoms with Crippen LogP contribution in [0.4, 0.5) is 4.79 Å². The molecule has 2 atom stereocenters. The maximum atomic E-state index is 13.0. The summed E-state index contributed by atoms with van der Waals surface area (Å²) in [5.41, 5.74) is 1.77. The largest absolute Gasteiger partial charge is 0.329 e. The average Bonchev–Trinajstić information content (AvgIpc) is 3.28. The van der Waals surface area contributed by atoms with Crippen molar-refractivity contribution in [2.45, 2.75) is 19.0 Å². The molecular weight excluding hydrogens is 366 g/mol. The highest BCUT2D eigenvalue weighted by Crippen LogP contribution is 2.27. The molecule has 7 heteroatoms. The van der Waals surface area contributed by atoms with Crippen molar-refractivity contribution < 1.29 is 14.5 Å². The highest BCUT2D eigenvalue weighted by molar-refractivity contribution is 6.07. The maximum absolute atomic E-state index is 13.0. The molecule has 1 unspecified atom stereocenters. The van der Waals surface area contributed by atoms with Crippen molar-refractivity contribution >= 4 is 11.9 Å². The predicted molar refractivity (Wildman–Crippen MR) is 108 cm³/mol. The van der Waals surface area contributed by atoms with Gasteiger partial charge in [0.15, 0.2) is 6.67 Å². The van der Waals surface area contributed by atoms with Gasteiger partial charge < -0.3 is 10.2 Å². The summed E-state index contributed by atoms with van der Waals surface area (Å²) in [7, 11) is 1.96. The Labute approximate surface area is 169 Å². The number of rotatable bonds is 6. The number of para-hydroxylation sites is 1. The van der Waals surface area contributed by atoms with E-state index in [1.165, 1.54) is 4.90 Å². The van der Waals surface area contributed by atoms with Gasteiger partial charge in [-0.2, -0.15) is 5.10 Å². The minimum Gasteiger partial charge on any atom is -0.319 e. The summed E-state index contributed by atoms with van der Waals surface area (Å²) in [6, 6.07) is 18.9. The first-order valence-corrected chi connectivity index (χ1v) is 9.57. The molecule has 29 heavy (non-hydrogen) atoms. The number of hydrogen-bond donors (Lipinski definition) is 2. The monoisotopic (exact) mass is 390 g/mol. The predicted octanol–water partition coefficient (Wildman–Crippen LogP) is 1.31. The third kappa shape index (κ3) is 3.64. The number of nitrogens with zero attached hydrogens (tertiary/aromatic N) is 3. The van der Waals surface area contributed by atoms with Crippen LogP contribution in [-0.2, 0) is 16.9 Å². The third-order valence-electron chi connectivity index (χ3n) is 5.22. The molecule has 2 N–H and O–H groups in total. The number of nitrogens with one attached hydrogen (secondary N) is 2. The number of carbonyl (C=O) groups excluding carboxylic acids is 2. The second-order valence-electron chi connectivity index (χ2n) is 7.58. The molecule has 0 spiro atoms. The Balaban J connectivity index is 1.44. The highest BCUT2D eigenvalue weighted by Gasteiger charge is 2.49. The van der Waals surface area contributed by atoms with E-state index in [4.69, 9.17) is 0 Å². The van der Waals surface area contributed by atoms with Crippen LogP contribution in [0.15, 0.2) is 73.1 Å². The van der Waals surface area contributed by atoms with E-state index >= 15 is 0 Å². The standard InChI is InChI=1S/C22H23N5O2/c1-22(18-9-5-3-6-10-18)20(28)26(21(29)24-22)16-25(2)14-17-13-23-27(15-17)19-11-7-4-8-12-19/h3-13,15H,14,16H2,1-2H3,(H,24,29)/p+1/t22-/m1/s1. The van der Waals surface area contributed by atoms with Gasteiger partial charge in [-0.05, 0) is 24.6 Å². The summed E-state index contributed by atoms with van der Waals surface area (Å²) in [6.07, 6.45) is 3.79. The van der Waals surface area contributed by atoms with E-state index in [0.717, 1.165) is 21.7 Å². The molecule has 3 amide bonds. The molecule has 0 radical (unpaired) electrons. The smallest absolute Gasteiger partial charge is 0.319 e. The first-order valence-electron chi connectivity index (χ1n) is 9.57. The van der Waals surface area contributed by atoms with Crippen molar-refractivity contribution in [1.82, 2.24) is 20.0 Å². The first kappa shape index (κ1) is 18.9. The Kier molecular flexibility index (Phi) is 4.90. The second-order valence-corrected chi connectivity index (χ2v) is 7.58. The Morgan fingerprint density at radius 3 is 2.38 bits per heavy atom. The van der Waals surface area contributed by atoms with Gasteiger partial charge in [-0.15, -0.1) is 0 Å². The minimum atomic E-state index is -1.03. The quantitative estimate of drug-likeness (QED) is 0.624. The minimum absolute atomic E-state index is 0.229. The van der Waals surface area contributed by atoms with E-state index < -0.39 is 5.54 Å². The maximum Gasteiger partial charge on any atom is 0.329 e. The van der Waals surface area contributed by atoms with Crippen LogP contribution in [0.3, 0.4) is 0 Å². The summed E-state index contributed by atoms with van der Waals surface area (Å²) in [6.45, 7) is 2.68. The Hall–Kier alpha value is -3.45. The van der Waals surface area contributed by atoms with Gasteiger partial charge in [-0.25, -0.2) is 14.4 Å².